The van der Waals surface area contributed by atoms with Crippen molar-refractivity contribution in [2.24, 2.45) is 0 Å². The Hall–Kier alpha value is -2.58. The second-order valence-corrected chi connectivity index (χ2v) is 8.33. The first-order valence-corrected chi connectivity index (χ1v) is 11.1. The van der Waals surface area contributed by atoms with E-state index in [2.05, 4.69) is 48.2 Å². The van der Waals surface area contributed by atoms with Crippen LogP contribution in [0.4, 0.5) is 0 Å². The van der Waals surface area contributed by atoms with E-state index in [1.165, 1.54) is 12.0 Å². The van der Waals surface area contributed by atoms with Crippen molar-refractivity contribution in [2.75, 3.05) is 19.6 Å². The van der Waals surface area contributed by atoms with Gasteiger partial charge in [-0.3, -0.25) is 14.3 Å². The van der Waals surface area contributed by atoms with Crippen molar-refractivity contribution in [3.05, 3.63) is 71.0 Å². The summed E-state index contributed by atoms with van der Waals surface area (Å²) >= 11 is 3.45. The van der Waals surface area contributed by atoms with Crippen LogP contribution in [0.25, 0.3) is 5.95 Å². The number of nitrogens with one attached hydrogen (secondary N) is 1. The number of amides is 1. The Morgan fingerprint density at radius 1 is 1.10 bits per heavy atom. The van der Waals surface area contributed by atoms with Crippen LogP contribution in [0.2, 0.25) is 0 Å². The molecule has 8 heteroatoms. The summed E-state index contributed by atoms with van der Waals surface area (Å²) in [7, 11) is 0. The Labute approximate surface area is 184 Å². The van der Waals surface area contributed by atoms with Crippen LogP contribution < -0.4 is 5.32 Å². The number of nitrogens with zero attached hydrogens (tertiary/aromatic N) is 5. The Kier molecular flexibility index (Phi) is 6.86. The van der Waals surface area contributed by atoms with Crippen molar-refractivity contribution >= 4 is 21.8 Å². The van der Waals surface area contributed by atoms with Crippen molar-refractivity contribution < 1.29 is 4.79 Å². The summed E-state index contributed by atoms with van der Waals surface area (Å²) in [6, 6.07) is 9.60. The van der Waals surface area contributed by atoms with E-state index in [9.17, 15) is 4.79 Å². The minimum atomic E-state index is -0.416. The first-order valence-electron chi connectivity index (χ1n) is 10.3. The molecule has 1 aliphatic rings. The fourth-order valence-corrected chi connectivity index (χ4v) is 4.02. The number of likely N-dealkylation sites (tertiary alicyclic amines) is 1. The van der Waals surface area contributed by atoms with Crippen LogP contribution in [0.1, 0.15) is 36.6 Å². The molecule has 1 N–H and O–H groups in total. The van der Waals surface area contributed by atoms with Crippen LogP contribution in [-0.4, -0.2) is 50.0 Å². The molecule has 0 radical (unpaired) electrons. The molecule has 30 heavy (non-hydrogen) atoms. The zero-order valence-corrected chi connectivity index (χ0v) is 18.3. The second kappa shape index (κ2) is 9.95. The average Bonchev–Trinajstić information content (AvgIpc) is 3.31. The van der Waals surface area contributed by atoms with Crippen molar-refractivity contribution in [3.8, 4) is 5.95 Å². The zero-order chi connectivity index (χ0) is 20.8. The third-order valence-corrected chi connectivity index (χ3v) is 5.84. The Balaban J connectivity index is 1.50. The number of benzene rings is 1. The molecule has 0 bridgehead atoms. The maximum Gasteiger partial charge on any atom is 0.243 e. The van der Waals surface area contributed by atoms with Gasteiger partial charge in [-0.15, -0.1) is 0 Å². The van der Waals surface area contributed by atoms with Crippen LogP contribution >= 0.6 is 15.9 Å². The third kappa shape index (κ3) is 5.12. The van der Waals surface area contributed by atoms with Gasteiger partial charge in [-0.05, 0) is 56.1 Å². The summed E-state index contributed by atoms with van der Waals surface area (Å²) in [5.74, 6) is 0.513. The maximum atomic E-state index is 13.2. The molecule has 156 valence electrons. The van der Waals surface area contributed by atoms with E-state index in [0.29, 0.717) is 12.5 Å². The minimum absolute atomic E-state index is 0.00991. The molecule has 1 amide bonds. The minimum Gasteiger partial charge on any atom is -0.354 e. The first kappa shape index (κ1) is 20.7. The number of hydrogen-bond acceptors (Lipinski definition) is 5. The number of hydrogen-bond donors (Lipinski definition) is 1. The molecule has 1 fully saturated rings. The standard InChI is InChI=1S/C22H25BrN6O/c23-18-6-4-17(5-7-18)8-10-25-21(30)20(28-13-2-1-3-14-28)19-9-11-26-22(27-19)29-15-12-24-16-29/h4-7,9,11-12,15-16,20H,1-3,8,10,13-14H2,(H,25,30). The highest BCUT2D eigenvalue weighted by Gasteiger charge is 2.30. The van der Waals surface area contributed by atoms with Crippen molar-refractivity contribution in [1.29, 1.82) is 0 Å². The highest BCUT2D eigenvalue weighted by atomic mass is 79.9. The van der Waals surface area contributed by atoms with Crippen LogP contribution in [0.5, 0.6) is 0 Å². The lowest BCUT2D eigenvalue weighted by molar-refractivity contribution is -0.127. The number of piperidine rings is 1. The summed E-state index contributed by atoms with van der Waals surface area (Å²) in [5, 5.41) is 3.12. The lowest BCUT2D eigenvalue weighted by Gasteiger charge is -2.33. The number of carbonyl (C=O) groups is 1. The molecule has 0 saturated carbocycles. The molecule has 1 aromatic carbocycles. The fraction of sp³-hybridized carbons (Fsp3) is 0.364. The monoisotopic (exact) mass is 468 g/mol. The second-order valence-electron chi connectivity index (χ2n) is 7.42. The molecule has 0 aliphatic carbocycles. The van der Waals surface area contributed by atoms with Gasteiger partial charge in [-0.25, -0.2) is 15.0 Å². The van der Waals surface area contributed by atoms with Crippen LogP contribution in [0, 0.1) is 0 Å². The van der Waals surface area contributed by atoms with Gasteiger partial charge in [0, 0.05) is 29.6 Å². The van der Waals surface area contributed by atoms with Gasteiger partial charge in [0.1, 0.15) is 12.4 Å². The summed E-state index contributed by atoms with van der Waals surface area (Å²) in [6.07, 6.45) is 11.1. The van der Waals surface area contributed by atoms with E-state index in [1.807, 2.05) is 18.2 Å². The summed E-state index contributed by atoms with van der Waals surface area (Å²) < 4.78 is 2.81. The third-order valence-electron chi connectivity index (χ3n) is 5.31. The number of carbonyl (C=O) groups excluding carboxylic acids is 1. The number of rotatable bonds is 7. The van der Waals surface area contributed by atoms with Gasteiger partial charge in [0.05, 0.1) is 5.69 Å². The van der Waals surface area contributed by atoms with E-state index < -0.39 is 6.04 Å². The lowest BCUT2D eigenvalue weighted by atomic mass is 10.0. The van der Waals surface area contributed by atoms with E-state index in [-0.39, 0.29) is 5.91 Å². The molecule has 1 aliphatic heterocycles. The number of aromatic nitrogens is 4. The Bertz CT molecular complexity index is 954. The molecule has 3 aromatic rings. The molecule has 1 atom stereocenters. The van der Waals surface area contributed by atoms with E-state index in [1.54, 1.807) is 29.5 Å². The zero-order valence-electron chi connectivity index (χ0n) is 16.7. The smallest absolute Gasteiger partial charge is 0.243 e. The van der Waals surface area contributed by atoms with E-state index >= 15 is 0 Å². The Morgan fingerprint density at radius 2 is 1.90 bits per heavy atom. The van der Waals surface area contributed by atoms with Gasteiger partial charge in [0.25, 0.3) is 0 Å². The molecule has 1 saturated heterocycles. The predicted octanol–water partition coefficient (Wildman–Crippen LogP) is 3.31. The molecule has 4 rings (SSSR count). The lowest BCUT2D eigenvalue weighted by Crippen LogP contribution is -2.43. The highest BCUT2D eigenvalue weighted by Crippen LogP contribution is 2.24. The van der Waals surface area contributed by atoms with Crippen molar-refractivity contribution in [3.63, 3.8) is 0 Å². The topological polar surface area (TPSA) is 75.9 Å². The number of halogens is 1. The molecule has 0 spiro atoms. The van der Waals surface area contributed by atoms with E-state index in [0.717, 1.165) is 42.5 Å². The SMILES string of the molecule is O=C(NCCc1ccc(Br)cc1)C(c1ccnc(-n2ccnc2)n1)N1CCCCC1. The van der Waals surface area contributed by atoms with Crippen molar-refractivity contribution in [1.82, 2.24) is 29.7 Å². The van der Waals surface area contributed by atoms with Gasteiger partial charge in [0.15, 0.2) is 0 Å². The van der Waals surface area contributed by atoms with Crippen molar-refractivity contribution in [2.45, 2.75) is 31.7 Å². The molecular formula is C22H25BrN6O. The summed E-state index contributed by atoms with van der Waals surface area (Å²) in [5.41, 5.74) is 1.91. The summed E-state index contributed by atoms with van der Waals surface area (Å²) in [6.45, 7) is 2.38. The van der Waals surface area contributed by atoms with Crippen LogP contribution in [0.15, 0.2) is 59.7 Å². The fourth-order valence-electron chi connectivity index (χ4n) is 3.76. The predicted molar refractivity (Wildman–Crippen MR) is 118 cm³/mol. The first-order chi connectivity index (χ1) is 14.7. The largest absolute Gasteiger partial charge is 0.354 e. The van der Waals surface area contributed by atoms with Crippen LogP contribution in [-0.2, 0) is 11.2 Å². The van der Waals surface area contributed by atoms with Gasteiger partial charge in [0.2, 0.25) is 11.9 Å². The highest BCUT2D eigenvalue weighted by molar-refractivity contribution is 9.10. The quantitative estimate of drug-likeness (QED) is 0.575. The van der Waals surface area contributed by atoms with Crippen LogP contribution in [0.3, 0.4) is 0 Å². The molecular weight excluding hydrogens is 444 g/mol. The van der Waals surface area contributed by atoms with Gasteiger partial charge in [-0.1, -0.05) is 34.5 Å². The maximum absolute atomic E-state index is 13.2. The molecule has 2 aromatic heterocycles. The van der Waals surface area contributed by atoms with Gasteiger partial charge in [-0.2, -0.15) is 0 Å². The van der Waals surface area contributed by atoms with Gasteiger partial charge < -0.3 is 5.32 Å². The molecule has 7 nitrogen and oxygen atoms in total. The molecule has 3 heterocycles. The average molecular weight is 469 g/mol. The van der Waals surface area contributed by atoms with E-state index in [4.69, 9.17) is 4.98 Å². The normalized spacial score (nSPS) is 15.6. The summed E-state index contributed by atoms with van der Waals surface area (Å²) in [4.78, 5) is 28.6. The number of imidazole rings is 1. The Morgan fingerprint density at radius 3 is 2.63 bits per heavy atom. The van der Waals surface area contributed by atoms with Gasteiger partial charge >= 0.3 is 0 Å². The molecule has 1 unspecified atom stereocenters.